The molecule has 0 radical (unpaired) electrons. The summed E-state index contributed by atoms with van der Waals surface area (Å²) in [6.45, 7) is 1.76. The molecule has 0 unspecified atom stereocenters. The second-order valence-electron chi connectivity index (χ2n) is 4.79. The molecule has 24 heavy (non-hydrogen) atoms. The fraction of sp³-hybridized carbons (Fsp3) is 0.222. The Kier molecular flexibility index (Phi) is 6.19. The minimum absolute atomic E-state index is 0.229. The van der Waals surface area contributed by atoms with Crippen LogP contribution in [0, 0.1) is 0 Å². The highest BCUT2D eigenvalue weighted by Gasteiger charge is 2.14. The van der Waals surface area contributed by atoms with Gasteiger partial charge in [0.1, 0.15) is 17.1 Å². The molecular formula is C18H19NO5. The Morgan fingerprint density at radius 2 is 1.88 bits per heavy atom. The van der Waals surface area contributed by atoms with E-state index in [2.05, 4.69) is 5.32 Å². The second-order valence-corrected chi connectivity index (χ2v) is 4.79. The van der Waals surface area contributed by atoms with Crippen LogP contribution in [-0.4, -0.2) is 32.2 Å². The van der Waals surface area contributed by atoms with Gasteiger partial charge in [-0.3, -0.25) is 4.79 Å². The summed E-state index contributed by atoms with van der Waals surface area (Å²) < 4.78 is 15.5. The van der Waals surface area contributed by atoms with E-state index in [0.717, 1.165) is 0 Å². The lowest BCUT2D eigenvalue weighted by atomic mass is 10.2. The zero-order valence-corrected chi connectivity index (χ0v) is 13.6. The van der Waals surface area contributed by atoms with E-state index in [4.69, 9.17) is 14.2 Å². The van der Waals surface area contributed by atoms with Crippen LogP contribution >= 0.6 is 0 Å². The summed E-state index contributed by atoms with van der Waals surface area (Å²) in [6.07, 6.45) is 0. The lowest BCUT2D eigenvalue weighted by Gasteiger charge is -2.11. The number of benzene rings is 2. The predicted octanol–water partition coefficient (Wildman–Crippen LogP) is 2.89. The third-order valence-corrected chi connectivity index (χ3v) is 3.09. The zero-order valence-electron chi connectivity index (χ0n) is 13.6. The summed E-state index contributed by atoms with van der Waals surface area (Å²) in [5, 5.41) is 2.70. The summed E-state index contributed by atoms with van der Waals surface area (Å²) in [5.41, 5.74) is 0.884. The molecule has 1 N–H and O–H groups in total. The van der Waals surface area contributed by atoms with Crippen molar-refractivity contribution in [2.24, 2.45) is 0 Å². The first-order chi connectivity index (χ1) is 11.6. The molecule has 0 atom stereocenters. The van der Waals surface area contributed by atoms with Gasteiger partial charge in [0.2, 0.25) is 0 Å². The van der Waals surface area contributed by atoms with Crippen LogP contribution in [-0.2, 0) is 9.53 Å². The predicted molar refractivity (Wildman–Crippen MR) is 89.5 cm³/mol. The second kappa shape index (κ2) is 8.57. The van der Waals surface area contributed by atoms with Crippen LogP contribution in [0.1, 0.15) is 17.3 Å². The molecule has 0 saturated heterocycles. The molecule has 0 fully saturated rings. The summed E-state index contributed by atoms with van der Waals surface area (Å²) in [5.74, 6) is 0.112. The van der Waals surface area contributed by atoms with E-state index in [9.17, 15) is 9.59 Å². The molecule has 2 aromatic rings. The summed E-state index contributed by atoms with van der Waals surface area (Å²) in [7, 11) is 1.55. The molecule has 2 rings (SSSR count). The maximum absolute atomic E-state index is 12.0. The van der Waals surface area contributed by atoms with E-state index in [1.165, 1.54) is 0 Å². The van der Waals surface area contributed by atoms with E-state index in [1.807, 2.05) is 0 Å². The largest absolute Gasteiger partial charge is 0.497 e. The summed E-state index contributed by atoms with van der Waals surface area (Å²) in [6, 6.07) is 13.6. The van der Waals surface area contributed by atoms with Gasteiger partial charge >= 0.3 is 5.97 Å². The number of amides is 1. The van der Waals surface area contributed by atoms with Crippen LogP contribution in [0.15, 0.2) is 48.5 Å². The lowest BCUT2D eigenvalue weighted by Crippen LogP contribution is -2.21. The highest BCUT2D eigenvalue weighted by atomic mass is 16.5. The Hall–Kier alpha value is -3.02. The van der Waals surface area contributed by atoms with Crippen LogP contribution in [0.25, 0.3) is 0 Å². The number of rotatable bonds is 7. The summed E-state index contributed by atoms with van der Waals surface area (Å²) in [4.78, 5) is 23.9. The maximum Gasteiger partial charge on any atom is 0.341 e. The zero-order chi connectivity index (χ0) is 17.4. The SMILES string of the molecule is CCOC(=O)c1ccccc1OCC(=O)Nc1cccc(OC)c1. The van der Waals surface area contributed by atoms with Crippen molar-refractivity contribution >= 4 is 17.6 Å². The first kappa shape index (κ1) is 17.3. The van der Waals surface area contributed by atoms with Crippen molar-refractivity contribution in [3.63, 3.8) is 0 Å². The molecule has 0 bridgehead atoms. The van der Waals surface area contributed by atoms with E-state index in [-0.39, 0.29) is 24.7 Å². The molecule has 0 aliphatic heterocycles. The van der Waals surface area contributed by atoms with Gasteiger partial charge in [0, 0.05) is 11.8 Å². The molecule has 6 nitrogen and oxygen atoms in total. The Bertz CT molecular complexity index is 714. The Balaban J connectivity index is 1.98. The third-order valence-electron chi connectivity index (χ3n) is 3.09. The molecule has 1 amide bonds. The topological polar surface area (TPSA) is 73.9 Å². The van der Waals surface area contributed by atoms with Gasteiger partial charge in [-0.1, -0.05) is 18.2 Å². The van der Waals surface area contributed by atoms with Gasteiger partial charge < -0.3 is 19.5 Å². The van der Waals surface area contributed by atoms with Gasteiger partial charge in [0.25, 0.3) is 5.91 Å². The van der Waals surface area contributed by atoms with Crippen LogP contribution < -0.4 is 14.8 Å². The highest BCUT2D eigenvalue weighted by molar-refractivity contribution is 5.94. The lowest BCUT2D eigenvalue weighted by molar-refractivity contribution is -0.118. The van der Waals surface area contributed by atoms with Crippen molar-refractivity contribution in [1.29, 1.82) is 0 Å². The smallest absolute Gasteiger partial charge is 0.341 e. The number of methoxy groups -OCH3 is 1. The van der Waals surface area contributed by atoms with E-state index < -0.39 is 5.97 Å². The number of hydrogen-bond donors (Lipinski definition) is 1. The molecule has 126 valence electrons. The minimum atomic E-state index is -0.485. The number of ether oxygens (including phenoxy) is 3. The van der Waals surface area contributed by atoms with Crippen molar-refractivity contribution in [3.05, 3.63) is 54.1 Å². The fourth-order valence-corrected chi connectivity index (χ4v) is 2.01. The Morgan fingerprint density at radius 1 is 1.08 bits per heavy atom. The van der Waals surface area contributed by atoms with Crippen LogP contribution in [0.2, 0.25) is 0 Å². The molecule has 0 heterocycles. The first-order valence-electron chi connectivity index (χ1n) is 7.47. The minimum Gasteiger partial charge on any atom is -0.497 e. The third kappa shape index (κ3) is 4.74. The van der Waals surface area contributed by atoms with Crippen molar-refractivity contribution in [1.82, 2.24) is 0 Å². The van der Waals surface area contributed by atoms with Crippen LogP contribution in [0.5, 0.6) is 11.5 Å². The molecule has 0 spiro atoms. The van der Waals surface area contributed by atoms with Gasteiger partial charge in [0.05, 0.1) is 13.7 Å². The number of anilines is 1. The van der Waals surface area contributed by atoms with Crippen LogP contribution in [0.4, 0.5) is 5.69 Å². The average molecular weight is 329 g/mol. The van der Waals surface area contributed by atoms with Gasteiger partial charge in [-0.25, -0.2) is 4.79 Å². The fourth-order valence-electron chi connectivity index (χ4n) is 2.01. The average Bonchev–Trinajstić information content (AvgIpc) is 2.60. The molecule has 0 aliphatic carbocycles. The number of hydrogen-bond acceptors (Lipinski definition) is 5. The Labute approximate surface area is 140 Å². The van der Waals surface area contributed by atoms with Crippen LogP contribution in [0.3, 0.4) is 0 Å². The molecule has 0 saturated carbocycles. The number of para-hydroxylation sites is 1. The monoisotopic (exact) mass is 329 g/mol. The van der Waals surface area contributed by atoms with Gasteiger partial charge in [-0.05, 0) is 31.2 Å². The number of carbonyl (C=O) groups excluding carboxylic acids is 2. The van der Waals surface area contributed by atoms with Crippen molar-refractivity contribution < 1.29 is 23.8 Å². The first-order valence-corrected chi connectivity index (χ1v) is 7.47. The molecule has 0 aromatic heterocycles. The Morgan fingerprint density at radius 3 is 2.62 bits per heavy atom. The van der Waals surface area contributed by atoms with Gasteiger partial charge in [-0.2, -0.15) is 0 Å². The normalized spacial score (nSPS) is 9.92. The molecule has 0 aliphatic rings. The molecular weight excluding hydrogens is 310 g/mol. The highest BCUT2D eigenvalue weighted by Crippen LogP contribution is 2.20. The number of esters is 1. The standard InChI is InChI=1S/C18H19NO5/c1-3-23-18(21)15-9-4-5-10-16(15)24-12-17(20)19-13-7-6-8-14(11-13)22-2/h4-11H,3,12H2,1-2H3,(H,19,20). The number of carbonyl (C=O) groups is 2. The maximum atomic E-state index is 12.0. The van der Waals surface area contributed by atoms with E-state index >= 15 is 0 Å². The quantitative estimate of drug-likeness (QED) is 0.791. The summed E-state index contributed by atoms with van der Waals surface area (Å²) >= 11 is 0. The van der Waals surface area contributed by atoms with Gasteiger partial charge in [0.15, 0.2) is 6.61 Å². The van der Waals surface area contributed by atoms with E-state index in [0.29, 0.717) is 17.2 Å². The van der Waals surface area contributed by atoms with Crippen molar-refractivity contribution in [2.75, 3.05) is 25.6 Å². The molecule has 6 heteroatoms. The van der Waals surface area contributed by atoms with Crippen molar-refractivity contribution in [3.8, 4) is 11.5 Å². The van der Waals surface area contributed by atoms with E-state index in [1.54, 1.807) is 62.6 Å². The van der Waals surface area contributed by atoms with Gasteiger partial charge in [-0.15, -0.1) is 0 Å². The van der Waals surface area contributed by atoms with Crippen molar-refractivity contribution in [2.45, 2.75) is 6.92 Å². The number of nitrogens with one attached hydrogen (secondary N) is 1. The molecule has 2 aromatic carbocycles.